The van der Waals surface area contributed by atoms with E-state index in [0.29, 0.717) is 19.6 Å². The van der Waals surface area contributed by atoms with E-state index in [9.17, 15) is 4.79 Å². The smallest absolute Gasteiger partial charge is 0.222 e. The van der Waals surface area contributed by atoms with Crippen LogP contribution in [0, 0.1) is 5.92 Å². The molecular formula is C14H27ClN2O2. The summed E-state index contributed by atoms with van der Waals surface area (Å²) in [5.74, 6) is 1.01. The summed E-state index contributed by atoms with van der Waals surface area (Å²) in [7, 11) is 1.99. The van der Waals surface area contributed by atoms with Crippen LogP contribution in [-0.4, -0.2) is 50.7 Å². The van der Waals surface area contributed by atoms with E-state index in [0.717, 1.165) is 44.8 Å². The van der Waals surface area contributed by atoms with E-state index in [2.05, 4.69) is 11.9 Å². The van der Waals surface area contributed by atoms with Gasteiger partial charge in [0, 0.05) is 26.1 Å². The van der Waals surface area contributed by atoms with Crippen molar-refractivity contribution in [1.82, 2.24) is 10.2 Å². The molecule has 4 nitrogen and oxygen atoms in total. The predicted molar refractivity (Wildman–Crippen MR) is 80.7 cm³/mol. The lowest BCUT2D eigenvalue weighted by Gasteiger charge is -2.32. The minimum Gasteiger partial charge on any atom is -0.377 e. The van der Waals surface area contributed by atoms with Crippen LogP contribution in [0.1, 0.15) is 25.7 Å². The molecule has 0 radical (unpaired) electrons. The van der Waals surface area contributed by atoms with Crippen LogP contribution in [0.5, 0.6) is 0 Å². The molecule has 0 aliphatic carbocycles. The quantitative estimate of drug-likeness (QED) is 0.548. The second kappa shape index (κ2) is 11.3. The summed E-state index contributed by atoms with van der Waals surface area (Å²) < 4.78 is 5.27. The van der Waals surface area contributed by atoms with Gasteiger partial charge in [-0.2, -0.15) is 0 Å². The van der Waals surface area contributed by atoms with Crippen molar-refractivity contribution in [2.45, 2.75) is 25.7 Å². The second-order valence-electron chi connectivity index (χ2n) is 4.85. The molecule has 0 aromatic rings. The van der Waals surface area contributed by atoms with Gasteiger partial charge in [0.1, 0.15) is 0 Å². The molecule has 0 spiro atoms. The third kappa shape index (κ3) is 7.55. The Kier molecular flexibility index (Phi) is 10.9. The summed E-state index contributed by atoms with van der Waals surface area (Å²) in [6, 6.07) is 0. The standard InChI is InChI=1S/C14H26N2O2.ClH/c1-3-10-18-11-4-5-14(17)16-8-6-13(7-9-16)12-15-2;/h3,13,15H,1,4-12H2,2H3;1H. The predicted octanol–water partition coefficient (Wildman–Crippen LogP) is 1.85. The van der Waals surface area contributed by atoms with Crippen molar-refractivity contribution in [2.24, 2.45) is 5.92 Å². The zero-order chi connectivity index (χ0) is 13.2. The monoisotopic (exact) mass is 290 g/mol. The van der Waals surface area contributed by atoms with Gasteiger partial charge < -0.3 is 15.0 Å². The van der Waals surface area contributed by atoms with Crippen molar-refractivity contribution in [2.75, 3.05) is 39.9 Å². The number of carbonyl (C=O) groups is 1. The van der Waals surface area contributed by atoms with Crippen LogP contribution < -0.4 is 5.32 Å². The molecular weight excluding hydrogens is 264 g/mol. The highest BCUT2D eigenvalue weighted by molar-refractivity contribution is 5.85. The van der Waals surface area contributed by atoms with Crippen molar-refractivity contribution < 1.29 is 9.53 Å². The maximum Gasteiger partial charge on any atom is 0.222 e. The van der Waals surface area contributed by atoms with Crippen LogP contribution in [0.2, 0.25) is 0 Å². The van der Waals surface area contributed by atoms with Gasteiger partial charge in [-0.3, -0.25) is 4.79 Å². The van der Waals surface area contributed by atoms with Gasteiger partial charge in [-0.15, -0.1) is 19.0 Å². The molecule has 1 heterocycles. The highest BCUT2D eigenvalue weighted by Crippen LogP contribution is 2.17. The van der Waals surface area contributed by atoms with Crippen LogP contribution >= 0.6 is 12.4 Å². The number of carbonyl (C=O) groups excluding carboxylic acids is 1. The lowest BCUT2D eigenvalue weighted by molar-refractivity contribution is -0.132. The van der Waals surface area contributed by atoms with Gasteiger partial charge >= 0.3 is 0 Å². The van der Waals surface area contributed by atoms with Crippen molar-refractivity contribution in [3.8, 4) is 0 Å². The molecule has 1 amide bonds. The largest absolute Gasteiger partial charge is 0.377 e. The van der Waals surface area contributed by atoms with Gasteiger partial charge in [-0.1, -0.05) is 6.08 Å². The molecule has 1 rings (SSSR count). The van der Waals surface area contributed by atoms with Crippen LogP contribution in [0.4, 0.5) is 0 Å². The number of hydrogen-bond acceptors (Lipinski definition) is 3. The Balaban J connectivity index is 0.00000324. The summed E-state index contributed by atoms with van der Waals surface area (Å²) in [5, 5.41) is 3.21. The topological polar surface area (TPSA) is 41.6 Å². The third-order valence-electron chi connectivity index (χ3n) is 3.38. The van der Waals surface area contributed by atoms with E-state index in [1.165, 1.54) is 0 Å². The van der Waals surface area contributed by atoms with Crippen LogP contribution in [-0.2, 0) is 9.53 Å². The Morgan fingerprint density at radius 1 is 1.47 bits per heavy atom. The molecule has 1 saturated heterocycles. The zero-order valence-corrected chi connectivity index (χ0v) is 12.7. The van der Waals surface area contributed by atoms with Gasteiger partial charge in [-0.25, -0.2) is 0 Å². The average Bonchev–Trinajstić information content (AvgIpc) is 2.39. The lowest BCUT2D eigenvalue weighted by Crippen LogP contribution is -2.40. The van der Waals surface area contributed by atoms with Crippen molar-refractivity contribution in [3.63, 3.8) is 0 Å². The Bertz CT molecular complexity index is 254. The Morgan fingerprint density at radius 2 is 2.16 bits per heavy atom. The number of piperidine rings is 1. The maximum absolute atomic E-state index is 11.9. The number of ether oxygens (including phenoxy) is 1. The molecule has 1 aliphatic heterocycles. The van der Waals surface area contributed by atoms with E-state index in [-0.39, 0.29) is 18.3 Å². The molecule has 0 saturated carbocycles. The van der Waals surface area contributed by atoms with Gasteiger partial charge in [0.15, 0.2) is 0 Å². The first kappa shape index (κ1) is 18.4. The minimum atomic E-state index is 0. The Hall–Kier alpha value is -0.580. The molecule has 0 bridgehead atoms. The van der Waals surface area contributed by atoms with Crippen LogP contribution in [0.15, 0.2) is 12.7 Å². The summed E-state index contributed by atoms with van der Waals surface area (Å²) in [5.41, 5.74) is 0. The molecule has 5 heteroatoms. The lowest BCUT2D eigenvalue weighted by atomic mass is 9.96. The Labute approximate surface area is 123 Å². The third-order valence-corrected chi connectivity index (χ3v) is 3.38. The summed E-state index contributed by atoms with van der Waals surface area (Å²) in [4.78, 5) is 13.9. The summed E-state index contributed by atoms with van der Waals surface area (Å²) in [6.07, 6.45) is 5.39. The molecule has 1 aliphatic rings. The van der Waals surface area contributed by atoms with E-state index < -0.39 is 0 Å². The number of halogens is 1. The first-order valence-corrected chi connectivity index (χ1v) is 6.89. The molecule has 1 fully saturated rings. The number of rotatable bonds is 8. The SMILES string of the molecule is C=CCOCCCC(=O)N1CCC(CNC)CC1.Cl. The van der Waals surface area contributed by atoms with Crippen molar-refractivity contribution in [1.29, 1.82) is 0 Å². The number of nitrogens with zero attached hydrogens (tertiary/aromatic N) is 1. The number of likely N-dealkylation sites (tertiary alicyclic amines) is 1. The molecule has 19 heavy (non-hydrogen) atoms. The summed E-state index contributed by atoms with van der Waals surface area (Å²) in [6.45, 7) is 7.70. The summed E-state index contributed by atoms with van der Waals surface area (Å²) >= 11 is 0. The fraction of sp³-hybridized carbons (Fsp3) is 0.786. The van der Waals surface area contributed by atoms with E-state index in [1.807, 2.05) is 11.9 Å². The maximum atomic E-state index is 11.9. The molecule has 0 aromatic heterocycles. The molecule has 112 valence electrons. The van der Waals surface area contributed by atoms with Gasteiger partial charge in [0.2, 0.25) is 5.91 Å². The van der Waals surface area contributed by atoms with Crippen LogP contribution in [0.3, 0.4) is 0 Å². The fourth-order valence-electron chi connectivity index (χ4n) is 2.33. The average molecular weight is 291 g/mol. The van der Waals surface area contributed by atoms with Crippen molar-refractivity contribution in [3.05, 3.63) is 12.7 Å². The van der Waals surface area contributed by atoms with Gasteiger partial charge in [0.25, 0.3) is 0 Å². The minimum absolute atomic E-state index is 0. The van der Waals surface area contributed by atoms with E-state index >= 15 is 0 Å². The first-order valence-electron chi connectivity index (χ1n) is 6.89. The molecule has 0 unspecified atom stereocenters. The number of amides is 1. The van der Waals surface area contributed by atoms with Gasteiger partial charge in [-0.05, 0) is 38.8 Å². The van der Waals surface area contributed by atoms with E-state index in [4.69, 9.17) is 4.74 Å². The highest BCUT2D eigenvalue weighted by Gasteiger charge is 2.21. The normalized spacial score (nSPS) is 15.9. The highest BCUT2D eigenvalue weighted by atomic mass is 35.5. The fourth-order valence-corrected chi connectivity index (χ4v) is 2.33. The number of nitrogens with one attached hydrogen (secondary N) is 1. The number of hydrogen-bond donors (Lipinski definition) is 1. The zero-order valence-electron chi connectivity index (χ0n) is 11.9. The molecule has 0 aromatic carbocycles. The Morgan fingerprint density at radius 3 is 2.74 bits per heavy atom. The van der Waals surface area contributed by atoms with Crippen molar-refractivity contribution >= 4 is 18.3 Å². The van der Waals surface area contributed by atoms with Crippen LogP contribution in [0.25, 0.3) is 0 Å². The first-order chi connectivity index (χ1) is 8.77. The van der Waals surface area contributed by atoms with Gasteiger partial charge in [0.05, 0.1) is 6.61 Å². The molecule has 0 atom stereocenters. The van der Waals surface area contributed by atoms with E-state index in [1.54, 1.807) is 6.08 Å². The second-order valence-corrected chi connectivity index (χ2v) is 4.85. The molecule has 1 N–H and O–H groups in total.